The molecule has 112 valence electrons. The summed E-state index contributed by atoms with van der Waals surface area (Å²) in [6.45, 7) is 5.29. The fourth-order valence-electron chi connectivity index (χ4n) is 2.45. The second kappa shape index (κ2) is 7.07. The van der Waals surface area contributed by atoms with Gasteiger partial charge in [-0.15, -0.1) is 0 Å². The number of nitrogens with zero attached hydrogens (tertiary/aromatic N) is 1. The van der Waals surface area contributed by atoms with Gasteiger partial charge in [0.15, 0.2) is 0 Å². The van der Waals surface area contributed by atoms with Gasteiger partial charge in [-0.05, 0) is 43.7 Å². The first-order valence-electron chi connectivity index (χ1n) is 7.22. The molecule has 2 rings (SSSR count). The Morgan fingerprint density at radius 2 is 1.86 bits per heavy atom. The third kappa shape index (κ3) is 3.72. The highest BCUT2D eigenvalue weighted by Gasteiger charge is 2.23. The molecule has 0 aliphatic carbocycles. The van der Waals surface area contributed by atoms with E-state index in [1.54, 1.807) is 29.4 Å². The molecule has 0 bridgehead atoms. The van der Waals surface area contributed by atoms with E-state index in [4.69, 9.17) is 4.42 Å². The number of benzene rings is 1. The smallest absolute Gasteiger partial charge is 0.223 e. The van der Waals surface area contributed by atoms with Crippen LogP contribution in [0.25, 0.3) is 0 Å². The number of amides is 1. The minimum Gasteiger partial charge on any atom is -0.469 e. The van der Waals surface area contributed by atoms with Crippen LogP contribution in [0.1, 0.15) is 37.5 Å². The lowest BCUT2D eigenvalue weighted by molar-refractivity contribution is -0.131. The van der Waals surface area contributed by atoms with Crippen LogP contribution in [0.15, 0.2) is 47.1 Å². The lowest BCUT2D eigenvalue weighted by Crippen LogP contribution is -2.31. The van der Waals surface area contributed by atoms with E-state index in [0.29, 0.717) is 19.5 Å². The number of hydrogen-bond acceptors (Lipinski definition) is 2. The van der Waals surface area contributed by atoms with Crippen LogP contribution in [0.5, 0.6) is 0 Å². The van der Waals surface area contributed by atoms with Gasteiger partial charge >= 0.3 is 0 Å². The summed E-state index contributed by atoms with van der Waals surface area (Å²) >= 11 is 0. The van der Waals surface area contributed by atoms with Gasteiger partial charge in [-0.1, -0.05) is 12.1 Å². The van der Waals surface area contributed by atoms with Gasteiger partial charge in [-0.3, -0.25) is 4.79 Å². The summed E-state index contributed by atoms with van der Waals surface area (Å²) < 4.78 is 18.6. The molecule has 1 atom stereocenters. The zero-order valence-electron chi connectivity index (χ0n) is 12.4. The van der Waals surface area contributed by atoms with Gasteiger partial charge in [0.05, 0.1) is 12.2 Å². The van der Waals surface area contributed by atoms with Gasteiger partial charge < -0.3 is 9.32 Å². The summed E-state index contributed by atoms with van der Waals surface area (Å²) in [5.74, 6) is 0.327. The van der Waals surface area contributed by atoms with Gasteiger partial charge in [-0.25, -0.2) is 4.39 Å². The Hall–Kier alpha value is -2.10. The second-order valence-electron chi connectivity index (χ2n) is 4.89. The van der Waals surface area contributed by atoms with Crippen molar-refractivity contribution in [3.63, 3.8) is 0 Å². The zero-order valence-corrected chi connectivity index (χ0v) is 12.4. The van der Waals surface area contributed by atoms with E-state index >= 15 is 0 Å². The van der Waals surface area contributed by atoms with Crippen molar-refractivity contribution in [2.45, 2.75) is 26.2 Å². The fourth-order valence-corrected chi connectivity index (χ4v) is 2.45. The molecule has 3 nitrogen and oxygen atoms in total. The average molecular weight is 289 g/mol. The number of carbonyl (C=O) groups excluding carboxylic acids is 1. The van der Waals surface area contributed by atoms with E-state index in [-0.39, 0.29) is 17.6 Å². The van der Waals surface area contributed by atoms with Crippen molar-refractivity contribution in [1.29, 1.82) is 0 Å². The molecule has 4 heteroatoms. The van der Waals surface area contributed by atoms with Crippen LogP contribution < -0.4 is 0 Å². The normalized spacial score (nSPS) is 12.1. The Kier molecular flexibility index (Phi) is 5.14. The van der Waals surface area contributed by atoms with Crippen molar-refractivity contribution >= 4 is 5.91 Å². The second-order valence-corrected chi connectivity index (χ2v) is 4.89. The molecule has 1 aromatic heterocycles. The first-order chi connectivity index (χ1) is 10.2. The predicted octanol–water partition coefficient (Wildman–Crippen LogP) is 3.81. The molecule has 2 aromatic rings. The van der Waals surface area contributed by atoms with Gasteiger partial charge in [0, 0.05) is 19.5 Å². The summed E-state index contributed by atoms with van der Waals surface area (Å²) in [4.78, 5) is 14.2. The van der Waals surface area contributed by atoms with Gasteiger partial charge in [-0.2, -0.15) is 0 Å². The van der Waals surface area contributed by atoms with Crippen LogP contribution in [0.4, 0.5) is 4.39 Å². The molecule has 0 unspecified atom stereocenters. The Bertz CT molecular complexity index is 559. The van der Waals surface area contributed by atoms with Crippen molar-refractivity contribution in [3.05, 3.63) is 59.8 Å². The molecule has 0 saturated carbocycles. The maximum absolute atomic E-state index is 13.1. The first-order valence-corrected chi connectivity index (χ1v) is 7.22. The highest BCUT2D eigenvalue weighted by atomic mass is 19.1. The molecule has 1 amide bonds. The van der Waals surface area contributed by atoms with Crippen LogP contribution in [0, 0.1) is 5.82 Å². The molecular weight excluding hydrogens is 269 g/mol. The van der Waals surface area contributed by atoms with Crippen molar-refractivity contribution in [3.8, 4) is 0 Å². The first kappa shape index (κ1) is 15.3. The molecular formula is C17H20FNO2. The number of furan rings is 1. The van der Waals surface area contributed by atoms with Gasteiger partial charge in [0.2, 0.25) is 5.91 Å². The monoisotopic (exact) mass is 289 g/mol. The summed E-state index contributed by atoms with van der Waals surface area (Å²) in [6.07, 6.45) is 1.91. The Morgan fingerprint density at radius 3 is 2.38 bits per heavy atom. The van der Waals surface area contributed by atoms with Crippen molar-refractivity contribution < 1.29 is 13.6 Å². The zero-order chi connectivity index (χ0) is 15.2. The van der Waals surface area contributed by atoms with E-state index in [0.717, 1.165) is 11.3 Å². The lowest BCUT2D eigenvalue weighted by atomic mass is 9.92. The topological polar surface area (TPSA) is 33.5 Å². The third-order valence-electron chi connectivity index (χ3n) is 3.65. The van der Waals surface area contributed by atoms with Crippen LogP contribution in [-0.2, 0) is 4.79 Å². The number of hydrogen-bond donors (Lipinski definition) is 0. The maximum atomic E-state index is 13.1. The number of rotatable bonds is 6. The Labute approximate surface area is 124 Å². The van der Waals surface area contributed by atoms with Gasteiger partial charge in [0.1, 0.15) is 11.6 Å². The van der Waals surface area contributed by atoms with Gasteiger partial charge in [0.25, 0.3) is 0 Å². The molecule has 0 N–H and O–H groups in total. The van der Waals surface area contributed by atoms with Crippen LogP contribution >= 0.6 is 0 Å². The van der Waals surface area contributed by atoms with Crippen LogP contribution in [0.3, 0.4) is 0 Å². The van der Waals surface area contributed by atoms with E-state index in [1.165, 1.54) is 12.1 Å². The minimum absolute atomic E-state index is 0.0747. The van der Waals surface area contributed by atoms with E-state index in [1.807, 2.05) is 19.9 Å². The molecule has 0 aliphatic heterocycles. The van der Waals surface area contributed by atoms with Crippen molar-refractivity contribution in [1.82, 2.24) is 4.90 Å². The minimum atomic E-state index is -0.285. The highest BCUT2D eigenvalue weighted by Crippen LogP contribution is 2.29. The molecule has 1 aromatic carbocycles. The molecule has 21 heavy (non-hydrogen) atoms. The summed E-state index contributed by atoms with van der Waals surface area (Å²) in [5, 5.41) is 0. The van der Waals surface area contributed by atoms with Crippen LogP contribution in [0.2, 0.25) is 0 Å². The Morgan fingerprint density at radius 1 is 1.19 bits per heavy atom. The molecule has 0 fully saturated rings. The van der Waals surface area contributed by atoms with E-state index < -0.39 is 0 Å². The SMILES string of the molecule is CCN(CC)C(=O)C[C@@H](c1ccc(F)cc1)c1ccco1. The molecule has 0 spiro atoms. The Balaban J connectivity index is 2.25. The molecule has 1 heterocycles. The highest BCUT2D eigenvalue weighted by molar-refractivity contribution is 5.77. The lowest BCUT2D eigenvalue weighted by Gasteiger charge is -2.22. The maximum Gasteiger partial charge on any atom is 0.223 e. The van der Waals surface area contributed by atoms with Crippen molar-refractivity contribution in [2.24, 2.45) is 0 Å². The predicted molar refractivity (Wildman–Crippen MR) is 79.5 cm³/mol. The third-order valence-corrected chi connectivity index (χ3v) is 3.65. The standard InChI is InChI=1S/C17H20FNO2/c1-3-19(4-2)17(20)12-15(16-6-5-11-21-16)13-7-9-14(18)10-8-13/h5-11,15H,3-4,12H2,1-2H3/t15-/m0/s1. The molecule has 0 radical (unpaired) electrons. The largest absolute Gasteiger partial charge is 0.469 e. The fraction of sp³-hybridized carbons (Fsp3) is 0.353. The molecule has 0 saturated heterocycles. The number of halogens is 1. The van der Waals surface area contributed by atoms with E-state index in [9.17, 15) is 9.18 Å². The van der Waals surface area contributed by atoms with E-state index in [2.05, 4.69) is 0 Å². The quantitative estimate of drug-likeness (QED) is 0.810. The summed E-state index contributed by atoms with van der Waals surface area (Å²) in [5.41, 5.74) is 0.881. The van der Waals surface area contributed by atoms with Crippen LogP contribution in [-0.4, -0.2) is 23.9 Å². The van der Waals surface area contributed by atoms with Crippen molar-refractivity contribution in [2.75, 3.05) is 13.1 Å². The number of carbonyl (C=O) groups is 1. The summed E-state index contributed by atoms with van der Waals surface area (Å²) in [7, 11) is 0. The summed E-state index contributed by atoms with van der Waals surface area (Å²) in [6, 6.07) is 9.88. The molecule has 0 aliphatic rings. The average Bonchev–Trinajstić information content (AvgIpc) is 3.01.